The van der Waals surface area contributed by atoms with Gasteiger partial charge in [0.15, 0.2) is 0 Å². The summed E-state index contributed by atoms with van der Waals surface area (Å²) in [4.78, 5) is 45.4. The van der Waals surface area contributed by atoms with Gasteiger partial charge >= 0.3 is 12.1 Å². The third kappa shape index (κ3) is 17.7. The second-order valence-corrected chi connectivity index (χ2v) is 8.02. The van der Waals surface area contributed by atoms with Crippen LogP contribution < -0.4 is 10.6 Å². The van der Waals surface area contributed by atoms with E-state index >= 15 is 0 Å². The first-order chi connectivity index (χ1) is 13.7. The average Bonchev–Trinajstić information content (AvgIpc) is 2.64. The maximum absolute atomic E-state index is 11.7. The number of hydrogen-bond donors (Lipinski definition) is 2. The number of rotatable bonds is 15. The molecule has 0 bridgehead atoms. The zero-order chi connectivity index (χ0) is 22.1. The lowest BCUT2D eigenvalue weighted by atomic mass is 10.1. The largest absolute Gasteiger partial charge is 0.463 e. The van der Waals surface area contributed by atoms with Crippen molar-refractivity contribution in [1.82, 2.24) is 10.6 Å². The maximum Gasteiger partial charge on any atom is 0.407 e. The Bertz CT molecular complexity index is 514. The Morgan fingerprint density at radius 3 is 1.72 bits per heavy atom. The zero-order valence-electron chi connectivity index (χ0n) is 18.4. The van der Waals surface area contributed by atoms with Gasteiger partial charge in [0.25, 0.3) is 0 Å². The molecule has 8 heteroatoms. The van der Waals surface area contributed by atoms with Gasteiger partial charge in [-0.05, 0) is 33.6 Å². The Hall–Kier alpha value is -2.12. The number of Topliss-reactive ketones (excluding diaryl/α,β-unsaturated/α-hetero) is 1. The van der Waals surface area contributed by atoms with Crippen LogP contribution in [0.15, 0.2) is 0 Å². The van der Waals surface area contributed by atoms with E-state index in [9.17, 15) is 19.2 Å². The predicted octanol–water partition coefficient (Wildman–Crippen LogP) is 3.27. The summed E-state index contributed by atoms with van der Waals surface area (Å²) in [6.07, 6.45) is 8.08. The lowest BCUT2D eigenvalue weighted by Gasteiger charge is -2.19. The summed E-state index contributed by atoms with van der Waals surface area (Å²) < 4.78 is 9.48. The van der Waals surface area contributed by atoms with Gasteiger partial charge in [-0.2, -0.15) is 0 Å². The normalized spacial score (nSPS) is 10.9. The van der Waals surface area contributed by atoms with E-state index in [4.69, 9.17) is 4.74 Å². The van der Waals surface area contributed by atoms with Gasteiger partial charge in [-0.15, -0.1) is 0 Å². The van der Waals surface area contributed by atoms with Gasteiger partial charge in [-0.3, -0.25) is 9.59 Å². The molecule has 29 heavy (non-hydrogen) atoms. The molecule has 0 atom stereocenters. The maximum atomic E-state index is 11.7. The summed E-state index contributed by atoms with van der Waals surface area (Å²) in [5, 5.41) is 5.37. The molecule has 2 amide bonds. The van der Waals surface area contributed by atoms with Crippen molar-refractivity contribution in [3.8, 4) is 0 Å². The van der Waals surface area contributed by atoms with Crippen molar-refractivity contribution >= 4 is 23.8 Å². The average molecular weight is 415 g/mol. The monoisotopic (exact) mass is 414 g/mol. The molecule has 0 rings (SSSR count). The van der Waals surface area contributed by atoms with Crippen LogP contribution >= 0.6 is 0 Å². The van der Waals surface area contributed by atoms with Gasteiger partial charge in [-0.25, -0.2) is 9.59 Å². The molecule has 0 heterocycles. The minimum absolute atomic E-state index is 0.00809. The number of carbonyl (C=O) groups is 4. The van der Waals surface area contributed by atoms with E-state index in [-0.39, 0.29) is 12.3 Å². The van der Waals surface area contributed by atoms with Crippen LogP contribution in [0.25, 0.3) is 0 Å². The molecule has 8 nitrogen and oxygen atoms in total. The molecule has 0 aromatic carbocycles. The van der Waals surface area contributed by atoms with E-state index in [2.05, 4.69) is 15.4 Å². The topological polar surface area (TPSA) is 111 Å². The van der Waals surface area contributed by atoms with Gasteiger partial charge in [0.2, 0.25) is 11.7 Å². The van der Waals surface area contributed by atoms with Crippen LogP contribution in [0.5, 0.6) is 0 Å². The van der Waals surface area contributed by atoms with Crippen LogP contribution in [0.1, 0.15) is 85.0 Å². The quantitative estimate of drug-likeness (QED) is 0.242. The molecule has 0 spiro atoms. The Kier molecular flexibility index (Phi) is 14.6. The number of carbonyl (C=O) groups excluding carboxylic acids is 4. The fraction of sp³-hybridized carbons (Fsp3) is 0.810. The standard InChI is InChI=1S/C21H38N2O6/c1-21(2,3)29-20(27)23-16-15-22-18(25)14-12-10-8-6-5-7-9-11-13-17(24)19(26)28-4/h5-16H2,1-4H3,(H,22,25)(H,23,27). The molecule has 0 saturated heterocycles. The van der Waals surface area contributed by atoms with Crippen molar-refractivity contribution in [3.63, 3.8) is 0 Å². The van der Waals surface area contributed by atoms with Crippen LogP contribution in [0.3, 0.4) is 0 Å². The molecule has 0 fully saturated rings. The molecule has 0 aromatic heterocycles. The third-order valence-electron chi connectivity index (χ3n) is 4.09. The lowest BCUT2D eigenvalue weighted by Crippen LogP contribution is -2.37. The van der Waals surface area contributed by atoms with E-state index in [1.54, 1.807) is 20.8 Å². The number of amides is 2. The van der Waals surface area contributed by atoms with E-state index in [0.717, 1.165) is 51.4 Å². The highest BCUT2D eigenvalue weighted by molar-refractivity contribution is 6.33. The van der Waals surface area contributed by atoms with E-state index in [1.807, 2.05) is 0 Å². The highest BCUT2D eigenvalue weighted by atomic mass is 16.6. The first-order valence-electron chi connectivity index (χ1n) is 10.5. The molecule has 0 saturated carbocycles. The molecular weight excluding hydrogens is 376 g/mol. The predicted molar refractivity (Wildman–Crippen MR) is 110 cm³/mol. The molecule has 0 aromatic rings. The summed E-state index contributed by atoms with van der Waals surface area (Å²) in [5.41, 5.74) is -0.531. The summed E-state index contributed by atoms with van der Waals surface area (Å²) >= 11 is 0. The minimum atomic E-state index is -0.756. The second kappa shape index (κ2) is 15.8. The van der Waals surface area contributed by atoms with Gasteiger partial charge in [0, 0.05) is 25.9 Å². The highest BCUT2D eigenvalue weighted by Crippen LogP contribution is 2.11. The second-order valence-electron chi connectivity index (χ2n) is 8.02. The lowest BCUT2D eigenvalue weighted by molar-refractivity contribution is -0.151. The SMILES string of the molecule is COC(=O)C(=O)CCCCCCCCCCC(=O)NCCNC(=O)OC(C)(C)C. The molecular formula is C21H38N2O6. The van der Waals surface area contributed by atoms with Crippen molar-refractivity contribution in [1.29, 1.82) is 0 Å². The molecule has 168 valence electrons. The Morgan fingerprint density at radius 2 is 1.21 bits per heavy atom. The van der Waals surface area contributed by atoms with Gasteiger partial charge in [0.1, 0.15) is 5.60 Å². The summed E-state index contributed by atoms with van der Waals surface area (Å²) in [6.45, 7) is 6.11. The van der Waals surface area contributed by atoms with E-state index in [1.165, 1.54) is 7.11 Å². The van der Waals surface area contributed by atoms with Crippen LogP contribution in [0, 0.1) is 0 Å². The molecule has 0 radical (unpaired) electrons. The number of nitrogens with one attached hydrogen (secondary N) is 2. The fourth-order valence-corrected chi connectivity index (χ4v) is 2.62. The van der Waals surface area contributed by atoms with Crippen LogP contribution in [0.4, 0.5) is 4.79 Å². The summed E-state index contributed by atoms with van der Waals surface area (Å²) in [5.74, 6) is -1.22. The molecule has 0 aliphatic carbocycles. The van der Waals surface area contributed by atoms with Gasteiger partial charge in [0.05, 0.1) is 7.11 Å². The van der Waals surface area contributed by atoms with Crippen molar-refractivity contribution in [3.05, 3.63) is 0 Å². The molecule has 0 aliphatic rings. The fourth-order valence-electron chi connectivity index (χ4n) is 2.62. The Labute approximate surface area is 174 Å². The van der Waals surface area contributed by atoms with Crippen molar-refractivity contribution in [2.75, 3.05) is 20.2 Å². The highest BCUT2D eigenvalue weighted by Gasteiger charge is 2.15. The Balaban J connectivity index is 3.43. The van der Waals surface area contributed by atoms with Gasteiger partial charge < -0.3 is 20.1 Å². The van der Waals surface area contributed by atoms with Crippen LogP contribution in [-0.4, -0.2) is 49.6 Å². The van der Waals surface area contributed by atoms with Crippen LogP contribution in [0.2, 0.25) is 0 Å². The van der Waals surface area contributed by atoms with Crippen LogP contribution in [-0.2, 0) is 23.9 Å². The number of unbranched alkanes of at least 4 members (excludes halogenated alkanes) is 7. The van der Waals surface area contributed by atoms with Crippen molar-refractivity contribution < 1.29 is 28.7 Å². The number of ether oxygens (including phenoxy) is 2. The molecule has 2 N–H and O–H groups in total. The minimum Gasteiger partial charge on any atom is -0.463 e. The number of ketones is 1. The Morgan fingerprint density at radius 1 is 0.724 bits per heavy atom. The smallest absolute Gasteiger partial charge is 0.407 e. The number of methoxy groups -OCH3 is 1. The molecule has 0 aliphatic heterocycles. The molecule has 0 unspecified atom stereocenters. The number of hydrogen-bond acceptors (Lipinski definition) is 6. The summed E-state index contributed by atoms with van der Waals surface area (Å²) in [7, 11) is 1.22. The zero-order valence-corrected chi connectivity index (χ0v) is 18.4. The number of alkyl carbamates (subject to hydrolysis) is 1. The first kappa shape index (κ1) is 26.9. The van der Waals surface area contributed by atoms with Crippen molar-refractivity contribution in [2.24, 2.45) is 0 Å². The number of esters is 1. The third-order valence-corrected chi connectivity index (χ3v) is 4.09. The van der Waals surface area contributed by atoms with Gasteiger partial charge in [-0.1, -0.05) is 38.5 Å². The van der Waals surface area contributed by atoms with E-state index < -0.39 is 23.4 Å². The van der Waals surface area contributed by atoms with E-state index in [0.29, 0.717) is 19.5 Å². The first-order valence-corrected chi connectivity index (χ1v) is 10.5. The summed E-state index contributed by atoms with van der Waals surface area (Å²) in [6, 6.07) is 0. The van der Waals surface area contributed by atoms with Crippen molar-refractivity contribution in [2.45, 2.75) is 90.6 Å².